The van der Waals surface area contributed by atoms with Crippen LogP contribution in [0.4, 0.5) is 0 Å². The fourth-order valence-electron chi connectivity index (χ4n) is 2.86. The summed E-state index contributed by atoms with van der Waals surface area (Å²) in [5.74, 6) is 0.887. The molecule has 1 spiro atoms. The summed E-state index contributed by atoms with van der Waals surface area (Å²) in [7, 11) is 0. The van der Waals surface area contributed by atoms with Crippen LogP contribution in [0.3, 0.4) is 0 Å². The van der Waals surface area contributed by atoms with Gasteiger partial charge >= 0.3 is 5.97 Å². The monoisotopic (exact) mass is 243 g/mol. The van der Waals surface area contributed by atoms with Crippen molar-refractivity contribution in [3.8, 4) is 0 Å². The molecule has 0 aromatic rings. The summed E-state index contributed by atoms with van der Waals surface area (Å²) in [6.45, 7) is 2.26. The summed E-state index contributed by atoms with van der Waals surface area (Å²) in [5.41, 5.74) is 0. The molecule has 1 saturated heterocycles. The highest BCUT2D eigenvalue weighted by atomic mass is 32.2. The quantitative estimate of drug-likeness (QED) is 0.782. The zero-order chi connectivity index (χ0) is 11.6. The average molecular weight is 243 g/mol. The van der Waals surface area contributed by atoms with Gasteiger partial charge in [0.25, 0.3) is 0 Å². The Morgan fingerprint density at radius 3 is 2.94 bits per heavy atom. The van der Waals surface area contributed by atoms with E-state index in [1.807, 2.05) is 11.8 Å². The Kier molecular flexibility index (Phi) is 3.80. The lowest BCUT2D eigenvalue weighted by molar-refractivity contribution is -0.138. The fraction of sp³-hybridized carbons (Fsp3) is 0.917. The second-order valence-electron chi connectivity index (χ2n) is 5.05. The maximum absolute atomic E-state index is 11.0. The van der Waals surface area contributed by atoms with E-state index in [0.717, 1.165) is 24.5 Å². The van der Waals surface area contributed by atoms with Gasteiger partial charge in [-0.15, -0.1) is 11.8 Å². The number of thioether (sulfide) groups is 1. The molecule has 0 aromatic carbocycles. The lowest BCUT2D eigenvalue weighted by Crippen LogP contribution is -2.44. The predicted molar refractivity (Wildman–Crippen MR) is 66.6 cm³/mol. The first kappa shape index (κ1) is 12.2. The summed E-state index contributed by atoms with van der Waals surface area (Å²) < 4.78 is 0. The van der Waals surface area contributed by atoms with Gasteiger partial charge in [-0.2, -0.15) is 0 Å². The van der Waals surface area contributed by atoms with Gasteiger partial charge in [0.05, 0.1) is 4.87 Å². The van der Waals surface area contributed by atoms with Crippen LogP contribution in [0.25, 0.3) is 0 Å². The molecule has 0 amide bonds. The molecular formula is C12H21NO2S. The number of rotatable bonds is 2. The van der Waals surface area contributed by atoms with Crippen molar-refractivity contribution >= 4 is 17.7 Å². The van der Waals surface area contributed by atoms with Gasteiger partial charge < -0.3 is 5.11 Å². The predicted octanol–water partition coefficient (Wildman–Crippen LogP) is 2.46. The van der Waals surface area contributed by atoms with Crippen molar-refractivity contribution in [1.82, 2.24) is 5.32 Å². The summed E-state index contributed by atoms with van der Waals surface area (Å²) >= 11 is 1.84. The highest BCUT2D eigenvalue weighted by Gasteiger charge is 2.42. The minimum atomic E-state index is -0.694. The van der Waals surface area contributed by atoms with Crippen LogP contribution < -0.4 is 5.32 Å². The van der Waals surface area contributed by atoms with Crippen molar-refractivity contribution < 1.29 is 9.90 Å². The molecule has 0 aromatic heterocycles. The molecule has 2 aliphatic rings. The molecule has 2 N–H and O–H groups in total. The molecule has 1 aliphatic heterocycles. The minimum Gasteiger partial charge on any atom is -0.480 e. The van der Waals surface area contributed by atoms with Crippen molar-refractivity contribution in [2.24, 2.45) is 5.92 Å². The first-order valence-corrected chi connectivity index (χ1v) is 7.28. The van der Waals surface area contributed by atoms with Crippen molar-refractivity contribution in [2.75, 3.05) is 5.75 Å². The number of hydrogen-bond acceptors (Lipinski definition) is 3. The van der Waals surface area contributed by atoms with Crippen LogP contribution >= 0.6 is 11.8 Å². The van der Waals surface area contributed by atoms with Gasteiger partial charge in [0.2, 0.25) is 0 Å². The number of carbonyl (C=O) groups is 1. The molecule has 0 radical (unpaired) electrons. The summed E-state index contributed by atoms with van der Waals surface area (Å²) in [6, 6.07) is -0.330. The van der Waals surface area contributed by atoms with Crippen molar-refractivity contribution in [1.29, 1.82) is 0 Å². The van der Waals surface area contributed by atoms with Gasteiger partial charge in [-0.05, 0) is 25.2 Å². The fourth-order valence-corrected chi connectivity index (χ4v) is 4.34. The molecule has 1 saturated carbocycles. The van der Waals surface area contributed by atoms with Gasteiger partial charge in [-0.25, -0.2) is 0 Å². The normalized spacial score (nSPS) is 39.8. The highest BCUT2D eigenvalue weighted by molar-refractivity contribution is 8.00. The van der Waals surface area contributed by atoms with Crippen LogP contribution in [0.2, 0.25) is 0 Å². The Bertz CT molecular complexity index is 272. The molecule has 2 rings (SSSR count). The molecule has 92 valence electrons. The third-order valence-electron chi connectivity index (χ3n) is 3.99. The van der Waals surface area contributed by atoms with Crippen LogP contribution in [0.15, 0.2) is 0 Å². The van der Waals surface area contributed by atoms with E-state index in [0.29, 0.717) is 0 Å². The lowest BCUT2D eigenvalue weighted by Gasteiger charge is -2.27. The first-order valence-electron chi connectivity index (χ1n) is 6.30. The van der Waals surface area contributed by atoms with Gasteiger partial charge in [-0.1, -0.05) is 26.2 Å². The number of carboxylic acids is 1. The maximum atomic E-state index is 11.0. The molecule has 0 bridgehead atoms. The topological polar surface area (TPSA) is 49.3 Å². The number of nitrogens with one attached hydrogen (secondary N) is 1. The van der Waals surface area contributed by atoms with Gasteiger partial charge in [0, 0.05) is 5.75 Å². The molecule has 3 atom stereocenters. The van der Waals surface area contributed by atoms with Crippen LogP contribution in [0.1, 0.15) is 45.4 Å². The molecule has 4 heteroatoms. The summed E-state index contributed by atoms with van der Waals surface area (Å²) in [6.07, 6.45) is 7.35. The van der Waals surface area contributed by atoms with Crippen LogP contribution in [-0.4, -0.2) is 27.7 Å². The molecule has 2 fully saturated rings. The van der Waals surface area contributed by atoms with Gasteiger partial charge in [0.1, 0.15) is 6.04 Å². The average Bonchev–Trinajstić information content (AvgIpc) is 2.56. The molecule has 1 aliphatic carbocycles. The largest absolute Gasteiger partial charge is 0.480 e. The minimum absolute atomic E-state index is 0.0764. The Morgan fingerprint density at radius 2 is 2.31 bits per heavy atom. The van der Waals surface area contributed by atoms with E-state index in [-0.39, 0.29) is 10.9 Å². The lowest BCUT2D eigenvalue weighted by atomic mass is 9.97. The van der Waals surface area contributed by atoms with E-state index in [2.05, 4.69) is 12.2 Å². The molecule has 2 unspecified atom stereocenters. The third-order valence-corrected chi connectivity index (χ3v) is 5.57. The van der Waals surface area contributed by atoms with E-state index in [9.17, 15) is 4.79 Å². The summed E-state index contributed by atoms with van der Waals surface area (Å²) in [4.78, 5) is 11.0. The second kappa shape index (κ2) is 4.96. The first-order chi connectivity index (χ1) is 7.65. The smallest absolute Gasteiger partial charge is 0.321 e. The zero-order valence-electron chi connectivity index (χ0n) is 9.87. The van der Waals surface area contributed by atoms with E-state index in [1.54, 1.807) is 0 Å². The Balaban J connectivity index is 1.96. The molecule has 3 nitrogen and oxygen atoms in total. The standard InChI is InChI=1S/C12H21NO2S/c1-2-9-4-3-6-12(7-5-9)13-10(8-16-12)11(14)15/h9-10,13H,2-8H2,1H3,(H,14,15)/t9?,10-,12?/m1/s1. The Hall–Kier alpha value is -0.220. The number of carboxylic acid groups (broad SMARTS) is 1. The second-order valence-corrected chi connectivity index (χ2v) is 6.45. The molecule has 16 heavy (non-hydrogen) atoms. The maximum Gasteiger partial charge on any atom is 0.321 e. The van der Waals surface area contributed by atoms with Gasteiger partial charge in [0.15, 0.2) is 0 Å². The van der Waals surface area contributed by atoms with Crippen molar-refractivity contribution in [2.45, 2.75) is 56.4 Å². The zero-order valence-corrected chi connectivity index (χ0v) is 10.7. The summed E-state index contributed by atoms with van der Waals surface area (Å²) in [5, 5.41) is 12.4. The van der Waals surface area contributed by atoms with Crippen LogP contribution in [0.5, 0.6) is 0 Å². The molecule has 1 heterocycles. The SMILES string of the molecule is CCC1CCCC2(CC1)N[C@@H](C(=O)O)CS2. The number of aliphatic carboxylic acids is 1. The Morgan fingerprint density at radius 1 is 1.50 bits per heavy atom. The van der Waals surface area contributed by atoms with E-state index in [1.165, 1.54) is 25.7 Å². The number of hydrogen-bond donors (Lipinski definition) is 2. The van der Waals surface area contributed by atoms with Crippen LogP contribution in [-0.2, 0) is 4.79 Å². The van der Waals surface area contributed by atoms with Crippen molar-refractivity contribution in [3.63, 3.8) is 0 Å². The van der Waals surface area contributed by atoms with Gasteiger partial charge in [-0.3, -0.25) is 10.1 Å². The van der Waals surface area contributed by atoms with E-state index >= 15 is 0 Å². The van der Waals surface area contributed by atoms with Crippen LogP contribution in [0, 0.1) is 5.92 Å². The molecular weight excluding hydrogens is 222 g/mol. The highest BCUT2D eigenvalue weighted by Crippen LogP contribution is 2.43. The van der Waals surface area contributed by atoms with E-state index in [4.69, 9.17) is 5.11 Å². The third kappa shape index (κ3) is 2.54. The van der Waals surface area contributed by atoms with E-state index < -0.39 is 5.97 Å². The Labute approximate surface area is 101 Å². The van der Waals surface area contributed by atoms with Crippen molar-refractivity contribution in [3.05, 3.63) is 0 Å².